The van der Waals surface area contributed by atoms with E-state index < -0.39 is 6.10 Å². The van der Waals surface area contributed by atoms with Crippen LogP contribution in [0.2, 0.25) is 0 Å². The fraction of sp³-hybridized carbons (Fsp3) is 0.444. The van der Waals surface area contributed by atoms with Crippen molar-refractivity contribution >= 4 is 11.3 Å². The smallest absolute Gasteiger partial charge is 0.0841 e. The zero-order chi connectivity index (χ0) is 14.8. The summed E-state index contributed by atoms with van der Waals surface area (Å²) in [6, 6.07) is 12.6. The zero-order valence-corrected chi connectivity index (χ0v) is 13.6. The highest BCUT2D eigenvalue weighted by atomic mass is 32.1. The summed E-state index contributed by atoms with van der Waals surface area (Å²) in [5.41, 5.74) is 2.35. The van der Waals surface area contributed by atoms with Crippen LogP contribution in [0.1, 0.15) is 54.7 Å². The molecule has 1 aromatic heterocycles. The second-order valence-electron chi connectivity index (χ2n) is 6.28. The Bertz CT molecular complexity index is 563. The molecule has 0 fully saturated rings. The van der Waals surface area contributed by atoms with Gasteiger partial charge in [0.15, 0.2) is 0 Å². The third-order valence-corrected chi connectivity index (χ3v) is 4.84. The first-order valence-corrected chi connectivity index (χ1v) is 8.08. The highest BCUT2D eigenvalue weighted by molar-refractivity contribution is 7.11. The molecule has 0 amide bonds. The van der Waals surface area contributed by atoms with E-state index in [1.807, 2.05) is 17.4 Å². The Balaban J connectivity index is 2.23. The van der Waals surface area contributed by atoms with Crippen LogP contribution in [-0.2, 0) is 18.3 Å². The number of aliphatic hydroxyl groups excluding tert-OH is 1. The van der Waals surface area contributed by atoms with Gasteiger partial charge in [-0.3, -0.25) is 0 Å². The van der Waals surface area contributed by atoms with E-state index in [4.69, 9.17) is 0 Å². The lowest BCUT2D eigenvalue weighted by molar-refractivity contribution is 0.177. The number of thiophene rings is 1. The number of aryl methyl sites for hydroxylation is 1. The van der Waals surface area contributed by atoms with Gasteiger partial charge in [-0.2, -0.15) is 0 Å². The normalized spacial score (nSPS) is 13.4. The number of aliphatic hydroxyl groups is 1. The molecule has 108 valence electrons. The number of rotatable bonds is 4. The summed E-state index contributed by atoms with van der Waals surface area (Å²) in [4.78, 5) is 2.65. The SMILES string of the molecule is CCc1ccc(CC(O)c2ccccc2C(C)(C)C)s1. The van der Waals surface area contributed by atoms with Gasteiger partial charge in [0.2, 0.25) is 0 Å². The van der Waals surface area contributed by atoms with Crippen LogP contribution in [0.4, 0.5) is 0 Å². The van der Waals surface area contributed by atoms with Gasteiger partial charge in [-0.25, -0.2) is 0 Å². The largest absolute Gasteiger partial charge is 0.388 e. The minimum absolute atomic E-state index is 0.0571. The van der Waals surface area contributed by atoms with Crippen molar-refractivity contribution < 1.29 is 5.11 Å². The third kappa shape index (κ3) is 3.50. The maximum atomic E-state index is 10.6. The lowest BCUT2D eigenvalue weighted by Gasteiger charge is -2.25. The predicted octanol–water partition coefficient (Wildman–Crippen LogP) is 4.88. The molecule has 0 bridgehead atoms. The maximum absolute atomic E-state index is 10.6. The minimum atomic E-state index is -0.422. The van der Waals surface area contributed by atoms with Crippen LogP contribution in [0.5, 0.6) is 0 Å². The molecular formula is C18H24OS. The Kier molecular flexibility index (Phi) is 4.66. The molecule has 0 aliphatic carbocycles. The maximum Gasteiger partial charge on any atom is 0.0841 e. The Morgan fingerprint density at radius 2 is 1.70 bits per heavy atom. The predicted molar refractivity (Wildman–Crippen MR) is 87.5 cm³/mol. The van der Waals surface area contributed by atoms with Crippen molar-refractivity contribution in [3.63, 3.8) is 0 Å². The highest BCUT2D eigenvalue weighted by Gasteiger charge is 2.21. The molecule has 0 aliphatic rings. The summed E-state index contributed by atoms with van der Waals surface area (Å²) in [5, 5.41) is 10.6. The summed E-state index contributed by atoms with van der Waals surface area (Å²) in [7, 11) is 0. The van der Waals surface area contributed by atoms with E-state index in [0.717, 1.165) is 12.0 Å². The highest BCUT2D eigenvalue weighted by Crippen LogP contribution is 2.32. The molecule has 0 radical (unpaired) electrons. The van der Waals surface area contributed by atoms with E-state index in [1.165, 1.54) is 15.3 Å². The fourth-order valence-corrected chi connectivity index (χ4v) is 3.49. The number of hydrogen-bond donors (Lipinski definition) is 1. The monoisotopic (exact) mass is 288 g/mol. The minimum Gasteiger partial charge on any atom is -0.388 e. The van der Waals surface area contributed by atoms with Crippen LogP contribution in [0.15, 0.2) is 36.4 Å². The molecule has 1 atom stereocenters. The van der Waals surface area contributed by atoms with Gasteiger partial charge in [-0.1, -0.05) is 52.0 Å². The van der Waals surface area contributed by atoms with Crippen LogP contribution in [0, 0.1) is 0 Å². The van der Waals surface area contributed by atoms with Crippen LogP contribution < -0.4 is 0 Å². The molecule has 1 N–H and O–H groups in total. The van der Waals surface area contributed by atoms with E-state index in [0.29, 0.717) is 6.42 Å². The molecule has 20 heavy (non-hydrogen) atoms. The first-order chi connectivity index (χ1) is 9.41. The molecule has 2 aromatic rings. The molecule has 1 unspecified atom stereocenters. The van der Waals surface area contributed by atoms with E-state index in [-0.39, 0.29) is 5.41 Å². The van der Waals surface area contributed by atoms with Crippen molar-refractivity contribution in [2.45, 2.75) is 52.1 Å². The van der Waals surface area contributed by atoms with E-state index in [2.05, 4.69) is 58.0 Å². The van der Waals surface area contributed by atoms with Crippen molar-refractivity contribution in [2.24, 2.45) is 0 Å². The van der Waals surface area contributed by atoms with E-state index >= 15 is 0 Å². The summed E-state index contributed by atoms with van der Waals surface area (Å²) in [6.07, 6.45) is 1.35. The van der Waals surface area contributed by atoms with Gasteiger partial charge in [-0.05, 0) is 35.1 Å². The van der Waals surface area contributed by atoms with Crippen LogP contribution in [0.3, 0.4) is 0 Å². The van der Waals surface area contributed by atoms with Crippen LogP contribution >= 0.6 is 11.3 Å². The first kappa shape index (κ1) is 15.3. The van der Waals surface area contributed by atoms with Crippen molar-refractivity contribution in [3.8, 4) is 0 Å². The first-order valence-electron chi connectivity index (χ1n) is 7.27. The number of hydrogen-bond acceptors (Lipinski definition) is 2. The lowest BCUT2D eigenvalue weighted by Crippen LogP contribution is -2.16. The average molecular weight is 288 g/mol. The van der Waals surface area contributed by atoms with Gasteiger partial charge in [0.1, 0.15) is 0 Å². The standard InChI is InChI=1S/C18H24OS/c1-5-13-10-11-14(20-13)12-17(19)15-8-6-7-9-16(15)18(2,3)4/h6-11,17,19H,5,12H2,1-4H3. The van der Waals surface area contributed by atoms with E-state index in [9.17, 15) is 5.11 Å². The van der Waals surface area contributed by atoms with Gasteiger partial charge in [0.25, 0.3) is 0 Å². The molecule has 1 nitrogen and oxygen atoms in total. The van der Waals surface area contributed by atoms with Crippen LogP contribution in [-0.4, -0.2) is 5.11 Å². The Morgan fingerprint density at radius 3 is 2.30 bits per heavy atom. The molecular weight excluding hydrogens is 264 g/mol. The van der Waals surface area contributed by atoms with Crippen LogP contribution in [0.25, 0.3) is 0 Å². The van der Waals surface area contributed by atoms with Crippen molar-refractivity contribution in [1.82, 2.24) is 0 Å². The molecule has 2 heteroatoms. The molecule has 1 heterocycles. The second kappa shape index (κ2) is 6.11. The summed E-state index contributed by atoms with van der Waals surface area (Å²) in [5.74, 6) is 0. The Labute approximate surface area is 126 Å². The van der Waals surface area contributed by atoms with Crippen molar-refractivity contribution in [1.29, 1.82) is 0 Å². The average Bonchev–Trinajstić information content (AvgIpc) is 2.85. The molecule has 0 saturated heterocycles. The molecule has 1 aromatic carbocycles. The summed E-state index contributed by atoms with van der Waals surface area (Å²) >= 11 is 1.81. The van der Waals surface area contributed by atoms with Crippen molar-refractivity contribution in [2.75, 3.05) is 0 Å². The lowest BCUT2D eigenvalue weighted by atomic mass is 9.82. The molecule has 0 aliphatic heterocycles. The molecule has 0 spiro atoms. The number of benzene rings is 1. The summed E-state index contributed by atoms with van der Waals surface area (Å²) in [6.45, 7) is 8.75. The zero-order valence-electron chi connectivity index (χ0n) is 12.8. The Hall–Kier alpha value is -1.12. The third-order valence-electron chi connectivity index (χ3n) is 3.59. The van der Waals surface area contributed by atoms with Gasteiger partial charge in [0.05, 0.1) is 6.10 Å². The van der Waals surface area contributed by atoms with E-state index in [1.54, 1.807) is 0 Å². The second-order valence-corrected chi connectivity index (χ2v) is 7.53. The van der Waals surface area contributed by atoms with Gasteiger partial charge in [0, 0.05) is 16.2 Å². The Morgan fingerprint density at radius 1 is 1.05 bits per heavy atom. The molecule has 0 saturated carbocycles. The quantitative estimate of drug-likeness (QED) is 0.849. The fourth-order valence-electron chi connectivity index (χ4n) is 2.49. The van der Waals surface area contributed by atoms with Gasteiger partial charge < -0.3 is 5.11 Å². The summed E-state index contributed by atoms with van der Waals surface area (Å²) < 4.78 is 0. The van der Waals surface area contributed by atoms with Gasteiger partial charge >= 0.3 is 0 Å². The van der Waals surface area contributed by atoms with Crippen molar-refractivity contribution in [3.05, 3.63) is 57.3 Å². The molecule has 2 rings (SSSR count). The van der Waals surface area contributed by atoms with Gasteiger partial charge in [-0.15, -0.1) is 11.3 Å². The topological polar surface area (TPSA) is 20.2 Å².